The highest BCUT2D eigenvalue weighted by Gasteiger charge is 2.37. The Labute approximate surface area is 502 Å². The van der Waals surface area contributed by atoms with Gasteiger partial charge in [0.1, 0.15) is 5.60 Å². The number of nitrogens with two attached hydrogens (primary N) is 2. The van der Waals surface area contributed by atoms with Crippen LogP contribution in [0.25, 0.3) is 33.8 Å². The Morgan fingerprint density at radius 3 is 1.19 bits per heavy atom. The first-order valence-electron chi connectivity index (χ1n) is 28.7. The van der Waals surface area contributed by atoms with Crippen molar-refractivity contribution in [3.05, 3.63) is 88.0 Å². The van der Waals surface area contributed by atoms with E-state index < -0.39 is 29.1 Å². The topological polar surface area (TPSA) is 330 Å². The van der Waals surface area contributed by atoms with E-state index in [0.29, 0.717) is 61.6 Å². The number of halogens is 4. The molecule has 6 aliphatic rings. The van der Waals surface area contributed by atoms with Gasteiger partial charge in [-0.1, -0.05) is 38.5 Å². The fourth-order valence-corrected chi connectivity index (χ4v) is 11.5. The van der Waals surface area contributed by atoms with Gasteiger partial charge in [0.2, 0.25) is 0 Å². The van der Waals surface area contributed by atoms with Crippen LogP contribution in [0, 0.1) is 28.8 Å². The molecule has 3 saturated carbocycles. The van der Waals surface area contributed by atoms with Crippen LogP contribution in [0.15, 0.2) is 37.2 Å². The smallest absolute Gasteiger partial charge is 0.407 e. The van der Waals surface area contributed by atoms with E-state index in [-0.39, 0.29) is 109 Å². The number of anilines is 3. The second kappa shape index (κ2) is 27.3. The number of carbonyl (C=O) groups is 4. The number of pyridine rings is 3. The predicted molar refractivity (Wildman–Crippen MR) is 318 cm³/mol. The number of hydrogen-bond acceptors (Lipinski definition) is 17. The van der Waals surface area contributed by atoms with E-state index in [1.54, 1.807) is 78.4 Å². The molecule has 3 aliphatic carbocycles. The van der Waals surface area contributed by atoms with Crippen molar-refractivity contribution in [2.24, 2.45) is 32.6 Å². The van der Waals surface area contributed by atoms with Crippen molar-refractivity contribution in [1.82, 2.24) is 65.6 Å². The van der Waals surface area contributed by atoms with Crippen LogP contribution in [0.3, 0.4) is 0 Å². The minimum Gasteiger partial charge on any atom is -0.444 e. The molecule has 28 heteroatoms. The molecule has 12 rings (SSSR count). The maximum Gasteiger partial charge on any atom is 0.407 e. The molecular formula is C58H75ClF3N19O5. The highest BCUT2D eigenvalue weighted by molar-refractivity contribution is 6.05. The molecule has 3 fully saturated rings. The van der Waals surface area contributed by atoms with Gasteiger partial charge in [0.05, 0.1) is 64.5 Å². The van der Waals surface area contributed by atoms with Gasteiger partial charge in [-0.2, -0.15) is 20.6 Å². The molecule has 0 radical (unpaired) electrons. The Bertz CT molecular complexity index is 3380. The zero-order chi connectivity index (χ0) is 60.9. The molecule has 6 aromatic heterocycles. The summed E-state index contributed by atoms with van der Waals surface area (Å²) in [4.78, 5) is 62.5. The van der Waals surface area contributed by atoms with E-state index in [1.807, 2.05) is 20.8 Å². The Kier molecular flexibility index (Phi) is 20.2. The number of hydrogen-bond donors (Lipinski definition) is 9. The van der Waals surface area contributed by atoms with Crippen LogP contribution in [0.1, 0.15) is 153 Å². The van der Waals surface area contributed by atoms with Crippen molar-refractivity contribution in [2.45, 2.75) is 166 Å². The van der Waals surface area contributed by atoms with Crippen LogP contribution in [-0.4, -0.2) is 110 Å². The summed E-state index contributed by atoms with van der Waals surface area (Å²) in [5.74, 6) is -2.05. The molecule has 9 heterocycles. The van der Waals surface area contributed by atoms with Gasteiger partial charge in [-0.15, -0.1) is 12.4 Å². The molecule has 0 aromatic carbocycles. The number of nitrogens with one attached hydrogen (secondary N) is 7. The largest absolute Gasteiger partial charge is 0.444 e. The number of nitriles is 1. The van der Waals surface area contributed by atoms with Crippen LogP contribution in [-0.2, 0) is 45.5 Å². The number of aromatic nitrogens is 9. The van der Waals surface area contributed by atoms with E-state index >= 15 is 4.39 Å². The first-order chi connectivity index (χ1) is 40.6. The summed E-state index contributed by atoms with van der Waals surface area (Å²) in [5.41, 5.74) is 16.9. The molecule has 4 amide bonds. The average molecular weight is 1210 g/mol. The quantitative estimate of drug-likeness (QED) is 0.0657. The van der Waals surface area contributed by atoms with Crippen molar-refractivity contribution < 1.29 is 37.1 Å². The Balaban J connectivity index is 0.000000164. The van der Waals surface area contributed by atoms with Crippen LogP contribution in [0.5, 0.6) is 0 Å². The number of amides is 4. The van der Waals surface area contributed by atoms with Crippen LogP contribution in [0.2, 0.25) is 0 Å². The van der Waals surface area contributed by atoms with Gasteiger partial charge in [0.15, 0.2) is 34.9 Å². The number of carbonyl (C=O) groups excluding carboxylic acids is 4. The fraction of sp³-hybridized carbons (Fsp3) is 0.500. The summed E-state index contributed by atoms with van der Waals surface area (Å²) in [5, 5.41) is 40.3. The molecular weight excluding hydrogens is 1140 g/mol. The monoisotopic (exact) mass is 1210 g/mol. The van der Waals surface area contributed by atoms with Crippen LogP contribution >= 0.6 is 12.4 Å². The number of fused-ring (bicyclic) bond motifs is 3. The minimum absolute atomic E-state index is 0. The third-order valence-corrected chi connectivity index (χ3v) is 15.7. The average Bonchev–Trinajstić information content (AvgIpc) is 1.72. The lowest BCUT2D eigenvalue weighted by molar-refractivity contribution is 0.0488. The number of nitrogens with zero attached hydrogens (tertiary/aromatic N) is 10. The first-order valence-corrected chi connectivity index (χ1v) is 28.7. The summed E-state index contributed by atoms with van der Waals surface area (Å²) in [7, 11) is 5.34. The predicted octanol–water partition coefficient (Wildman–Crippen LogP) is 7.16. The van der Waals surface area contributed by atoms with Gasteiger partial charge in [-0.05, 0) is 59.3 Å². The molecule has 0 unspecified atom stereocenters. The van der Waals surface area contributed by atoms with Gasteiger partial charge < -0.3 is 53.4 Å². The summed E-state index contributed by atoms with van der Waals surface area (Å²) in [6.45, 7) is 7.30. The van der Waals surface area contributed by atoms with Gasteiger partial charge in [0, 0.05) is 130 Å². The van der Waals surface area contributed by atoms with E-state index in [0.717, 1.165) is 77.0 Å². The van der Waals surface area contributed by atoms with Gasteiger partial charge in [-0.25, -0.2) is 32.9 Å². The molecule has 460 valence electrons. The van der Waals surface area contributed by atoms with Crippen LogP contribution < -0.4 is 48.7 Å². The van der Waals surface area contributed by atoms with Gasteiger partial charge in [-0.3, -0.25) is 28.4 Å². The molecule has 6 atom stereocenters. The van der Waals surface area contributed by atoms with Crippen molar-refractivity contribution in [2.75, 3.05) is 16.0 Å². The zero-order valence-corrected chi connectivity index (χ0v) is 50.1. The lowest BCUT2D eigenvalue weighted by Crippen LogP contribution is -2.50. The third-order valence-electron chi connectivity index (χ3n) is 15.7. The van der Waals surface area contributed by atoms with Crippen LogP contribution in [0.4, 0.5) is 35.4 Å². The minimum atomic E-state index is -0.604. The maximum atomic E-state index is 15.4. The maximum absolute atomic E-state index is 15.4. The highest BCUT2D eigenvalue weighted by atomic mass is 35.5. The van der Waals surface area contributed by atoms with E-state index in [4.69, 9.17) is 21.5 Å². The first kappa shape index (κ1) is 63.7. The van der Waals surface area contributed by atoms with E-state index in [9.17, 15) is 28.0 Å². The zero-order valence-electron chi connectivity index (χ0n) is 49.2. The lowest BCUT2D eigenvalue weighted by Gasteiger charge is -2.34. The normalized spacial score (nSPS) is 20.8. The van der Waals surface area contributed by atoms with E-state index in [1.165, 1.54) is 6.92 Å². The van der Waals surface area contributed by atoms with Crippen molar-refractivity contribution >= 4 is 53.7 Å². The number of ether oxygens (including phenoxy) is 1. The summed E-state index contributed by atoms with van der Waals surface area (Å²) in [6, 6.07) is 1.23. The SMILES string of the molecule is CC#N.Cl.Cn1cc(-c2nc(N[C@@H]3CCCC[C@@H]3N)c(F)c3c2C(=O)NC3)cn1.Cn1cc(-c2nc(N[C@@H]3CCCC[C@@H]3N)c(F)c3c2C(=O)NC3)cn1.Cn1cc(-c2nc(N[C@@H]3CCCC[C@@H]3NC(=O)OC(C)(C)C)c(F)c3c2C(=O)NC3)cn1. The molecule has 0 saturated heterocycles. The molecule has 6 aromatic rings. The summed E-state index contributed by atoms with van der Waals surface area (Å²) < 4.78 is 55.5. The van der Waals surface area contributed by atoms with Crippen molar-refractivity contribution in [3.8, 4) is 39.8 Å². The van der Waals surface area contributed by atoms with Gasteiger partial charge in [0.25, 0.3) is 17.7 Å². The molecule has 86 heavy (non-hydrogen) atoms. The fourth-order valence-electron chi connectivity index (χ4n) is 11.5. The second-order valence-electron chi connectivity index (χ2n) is 23.1. The lowest BCUT2D eigenvalue weighted by atomic mass is 9.90. The molecule has 11 N–H and O–H groups in total. The Morgan fingerprint density at radius 1 is 0.581 bits per heavy atom. The third kappa shape index (κ3) is 14.3. The molecule has 3 aliphatic heterocycles. The Morgan fingerprint density at radius 2 is 0.884 bits per heavy atom. The number of rotatable bonds is 10. The molecule has 0 spiro atoms. The van der Waals surface area contributed by atoms with E-state index in [2.05, 4.69) is 67.5 Å². The Hall–Kier alpha value is -8.35. The van der Waals surface area contributed by atoms with Crippen molar-refractivity contribution in [3.63, 3.8) is 0 Å². The summed E-state index contributed by atoms with van der Waals surface area (Å²) in [6.07, 6.45) is 21.0. The van der Waals surface area contributed by atoms with Gasteiger partial charge >= 0.3 is 6.09 Å². The second-order valence-corrected chi connectivity index (χ2v) is 23.1. The summed E-state index contributed by atoms with van der Waals surface area (Å²) >= 11 is 0. The number of alkyl carbamates (subject to hydrolysis) is 1. The molecule has 24 nitrogen and oxygen atoms in total. The standard InChI is InChI=1S/C22H29FN6O3.2C17H21FN6O.C2H3N.ClH/c1-22(2,3)32-21(31)27-15-8-6-5-7-14(15)26-19-17(23)13-10-24-20(30)16(13)18(28-19)12-9-25-29(4)11-12;2*1-24-8-9(6-21-24)15-13-10(7-20-17(13)25)14(18)16(23-15)22-12-5-3-2-4-11(12)19;1-2-3;/h9,11,14-15H,5-8,10H2,1-4H3,(H,24,30)(H,26,28)(H,27,31);2*6,8,11-12H,2-5,7,19H2,1H3,(H,20,25)(H,22,23);1H3;1H/t14-,15+;2*11-,12+;;/m100../s1. The van der Waals surface area contributed by atoms with Crippen molar-refractivity contribution in [1.29, 1.82) is 5.26 Å². The highest BCUT2D eigenvalue weighted by Crippen LogP contribution is 2.37. The molecule has 0 bridgehead atoms. The number of aryl methyl sites for hydroxylation is 3.